The summed E-state index contributed by atoms with van der Waals surface area (Å²) in [5, 5.41) is 0. The van der Waals surface area contributed by atoms with Crippen molar-refractivity contribution in [3.8, 4) is 17.2 Å². The molecule has 0 atom stereocenters. The Hall–Kier alpha value is -3.06. The molecule has 0 unspecified atom stereocenters. The number of carbonyl (C=O) groups is 1. The van der Waals surface area contributed by atoms with Gasteiger partial charge in [-0.3, -0.25) is 14.7 Å². The second-order valence-electron chi connectivity index (χ2n) is 8.54. The number of ether oxygens (including phenoxy) is 3. The van der Waals surface area contributed by atoms with Crippen molar-refractivity contribution in [3.05, 3.63) is 54.4 Å². The van der Waals surface area contributed by atoms with Gasteiger partial charge in [-0.1, -0.05) is 6.07 Å². The van der Waals surface area contributed by atoms with Crippen molar-refractivity contribution in [2.24, 2.45) is 0 Å². The molecule has 1 amide bonds. The van der Waals surface area contributed by atoms with Crippen LogP contribution in [0, 0.1) is 0 Å². The Morgan fingerprint density at radius 3 is 2.50 bits per heavy atom. The van der Waals surface area contributed by atoms with E-state index in [9.17, 15) is 4.79 Å². The first-order valence-corrected chi connectivity index (χ1v) is 11.4. The van der Waals surface area contributed by atoms with Crippen LogP contribution in [-0.4, -0.2) is 65.8 Å². The molecule has 2 aromatic rings. The van der Waals surface area contributed by atoms with Gasteiger partial charge in [-0.2, -0.15) is 0 Å². The number of fused-ring (bicyclic) bond motifs is 1. The van der Waals surface area contributed by atoms with E-state index in [2.05, 4.69) is 9.88 Å². The molecule has 168 valence electrons. The number of carbonyl (C=O) groups excluding carboxylic acids is 1. The molecule has 0 radical (unpaired) electrons. The number of amides is 1. The van der Waals surface area contributed by atoms with Crippen LogP contribution >= 0.6 is 0 Å². The maximum absolute atomic E-state index is 12.7. The van der Waals surface area contributed by atoms with Gasteiger partial charge in [0.15, 0.2) is 11.5 Å². The van der Waals surface area contributed by atoms with Gasteiger partial charge in [-0.25, -0.2) is 0 Å². The van der Waals surface area contributed by atoms with Gasteiger partial charge in [0.1, 0.15) is 11.9 Å². The second-order valence-corrected chi connectivity index (χ2v) is 8.54. The predicted octanol–water partition coefficient (Wildman–Crippen LogP) is 3.36. The van der Waals surface area contributed by atoms with Crippen LogP contribution in [-0.2, 0) is 4.79 Å². The molecule has 32 heavy (non-hydrogen) atoms. The molecule has 5 rings (SSSR count). The van der Waals surface area contributed by atoms with Crippen molar-refractivity contribution in [2.45, 2.75) is 37.8 Å². The molecule has 2 fully saturated rings. The Labute approximate surface area is 188 Å². The normalized spacial score (nSPS) is 20.1. The molecule has 0 N–H and O–H groups in total. The second kappa shape index (κ2) is 9.61. The minimum absolute atomic E-state index is 0.0746. The monoisotopic (exact) mass is 435 g/mol. The molecule has 7 nitrogen and oxygen atoms in total. The summed E-state index contributed by atoms with van der Waals surface area (Å²) in [7, 11) is 0. The van der Waals surface area contributed by atoms with E-state index >= 15 is 0 Å². The van der Waals surface area contributed by atoms with Crippen LogP contribution in [0.4, 0.5) is 0 Å². The number of piperidine rings is 2. The Balaban J connectivity index is 1.06. The van der Waals surface area contributed by atoms with Crippen LogP contribution in [0.25, 0.3) is 6.08 Å². The zero-order valence-electron chi connectivity index (χ0n) is 18.2. The molecule has 2 saturated heterocycles. The van der Waals surface area contributed by atoms with E-state index in [1.54, 1.807) is 18.5 Å². The molecule has 3 aliphatic heterocycles. The van der Waals surface area contributed by atoms with Gasteiger partial charge in [0.2, 0.25) is 12.7 Å². The Kier molecular flexibility index (Phi) is 6.25. The van der Waals surface area contributed by atoms with Crippen molar-refractivity contribution in [3.63, 3.8) is 0 Å². The summed E-state index contributed by atoms with van der Waals surface area (Å²) in [6.07, 6.45) is 11.5. The molecular weight excluding hydrogens is 406 g/mol. The van der Waals surface area contributed by atoms with Gasteiger partial charge in [0.05, 0.1) is 0 Å². The zero-order chi connectivity index (χ0) is 21.8. The molecule has 1 aromatic heterocycles. The summed E-state index contributed by atoms with van der Waals surface area (Å²) in [6, 6.07) is 10.1. The molecule has 0 spiro atoms. The summed E-state index contributed by atoms with van der Waals surface area (Å²) in [4.78, 5) is 21.2. The molecule has 0 saturated carbocycles. The quantitative estimate of drug-likeness (QED) is 0.671. The standard InChI is InChI=1S/C25H29N3O4/c29-25(4-2-19-1-3-23-24(17-19)31-18-30-23)28-13-7-20(8-14-28)27-15-9-22(10-16-27)32-21-5-11-26-12-6-21/h1-6,11-12,17,20,22H,7-10,13-16,18H2/b4-2+. The number of hydrogen-bond donors (Lipinski definition) is 0. The van der Waals surface area contributed by atoms with Crippen molar-refractivity contribution in [1.82, 2.24) is 14.8 Å². The van der Waals surface area contributed by atoms with Crippen LogP contribution in [0.1, 0.15) is 31.2 Å². The van der Waals surface area contributed by atoms with E-state index in [1.807, 2.05) is 41.3 Å². The third-order valence-electron chi connectivity index (χ3n) is 6.54. The number of pyridine rings is 1. The minimum Gasteiger partial charge on any atom is -0.490 e. The van der Waals surface area contributed by atoms with E-state index in [-0.39, 0.29) is 18.8 Å². The molecular formula is C25H29N3O4. The topological polar surface area (TPSA) is 64.1 Å². The SMILES string of the molecule is O=C(/C=C/c1ccc2c(c1)OCO2)N1CCC(N2CCC(Oc3ccncc3)CC2)CC1. The van der Waals surface area contributed by atoms with E-state index in [0.717, 1.165) is 74.7 Å². The Bertz CT molecular complexity index is 949. The summed E-state index contributed by atoms with van der Waals surface area (Å²) in [5.74, 6) is 2.46. The molecule has 0 aliphatic carbocycles. The van der Waals surface area contributed by atoms with Crippen molar-refractivity contribution in [2.75, 3.05) is 33.0 Å². The van der Waals surface area contributed by atoms with Crippen molar-refractivity contribution in [1.29, 1.82) is 0 Å². The number of nitrogens with zero attached hydrogens (tertiary/aromatic N) is 3. The lowest BCUT2D eigenvalue weighted by molar-refractivity contribution is -0.127. The van der Waals surface area contributed by atoms with Crippen molar-refractivity contribution < 1.29 is 19.0 Å². The third kappa shape index (κ3) is 4.88. The first-order chi connectivity index (χ1) is 15.7. The lowest BCUT2D eigenvalue weighted by Crippen LogP contribution is -2.49. The number of likely N-dealkylation sites (tertiary alicyclic amines) is 2. The lowest BCUT2D eigenvalue weighted by atomic mass is 9.98. The third-order valence-corrected chi connectivity index (χ3v) is 6.54. The molecule has 3 aliphatic rings. The summed E-state index contributed by atoms with van der Waals surface area (Å²) < 4.78 is 16.8. The van der Waals surface area contributed by atoms with Crippen LogP contribution in [0.15, 0.2) is 48.8 Å². The highest BCUT2D eigenvalue weighted by atomic mass is 16.7. The van der Waals surface area contributed by atoms with Crippen LogP contribution in [0.3, 0.4) is 0 Å². The fourth-order valence-electron chi connectivity index (χ4n) is 4.71. The Morgan fingerprint density at radius 2 is 1.72 bits per heavy atom. The number of rotatable bonds is 5. The van der Waals surface area contributed by atoms with Crippen LogP contribution < -0.4 is 14.2 Å². The first-order valence-electron chi connectivity index (χ1n) is 11.4. The first kappa shape index (κ1) is 20.8. The summed E-state index contributed by atoms with van der Waals surface area (Å²) in [6.45, 7) is 3.98. The molecule has 1 aromatic carbocycles. The average molecular weight is 436 g/mol. The van der Waals surface area contributed by atoms with Gasteiger partial charge >= 0.3 is 0 Å². The number of hydrogen-bond acceptors (Lipinski definition) is 6. The maximum Gasteiger partial charge on any atom is 0.246 e. The van der Waals surface area contributed by atoms with E-state index in [4.69, 9.17) is 14.2 Å². The average Bonchev–Trinajstić information content (AvgIpc) is 3.32. The molecule has 4 heterocycles. The predicted molar refractivity (Wildman–Crippen MR) is 121 cm³/mol. The highest BCUT2D eigenvalue weighted by Crippen LogP contribution is 2.33. The fourth-order valence-corrected chi connectivity index (χ4v) is 4.71. The summed E-state index contributed by atoms with van der Waals surface area (Å²) >= 11 is 0. The number of benzene rings is 1. The Morgan fingerprint density at radius 1 is 0.969 bits per heavy atom. The van der Waals surface area contributed by atoms with E-state index in [1.165, 1.54) is 0 Å². The molecule has 7 heteroatoms. The smallest absolute Gasteiger partial charge is 0.246 e. The maximum atomic E-state index is 12.7. The van der Waals surface area contributed by atoms with E-state index < -0.39 is 0 Å². The number of aromatic nitrogens is 1. The van der Waals surface area contributed by atoms with Crippen LogP contribution in [0.5, 0.6) is 17.2 Å². The van der Waals surface area contributed by atoms with Gasteiger partial charge in [0, 0.05) is 50.7 Å². The highest BCUT2D eigenvalue weighted by molar-refractivity contribution is 5.92. The van der Waals surface area contributed by atoms with Gasteiger partial charge < -0.3 is 19.1 Å². The fraction of sp³-hybridized carbons (Fsp3) is 0.440. The highest BCUT2D eigenvalue weighted by Gasteiger charge is 2.29. The van der Waals surface area contributed by atoms with E-state index in [0.29, 0.717) is 6.04 Å². The van der Waals surface area contributed by atoms with Crippen LogP contribution in [0.2, 0.25) is 0 Å². The molecule has 0 bridgehead atoms. The van der Waals surface area contributed by atoms with Gasteiger partial charge in [0.25, 0.3) is 0 Å². The van der Waals surface area contributed by atoms with Gasteiger partial charge in [-0.15, -0.1) is 0 Å². The van der Waals surface area contributed by atoms with Crippen molar-refractivity contribution >= 4 is 12.0 Å². The van der Waals surface area contributed by atoms with Gasteiger partial charge in [-0.05, 0) is 61.6 Å². The summed E-state index contributed by atoms with van der Waals surface area (Å²) in [5.41, 5.74) is 0.939. The minimum atomic E-state index is 0.0746. The lowest BCUT2D eigenvalue weighted by Gasteiger charge is -2.41. The largest absolute Gasteiger partial charge is 0.490 e. The zero-order valence-corrected chi connectivity index (χ0v) is 18.2.